The van der Waals surface area contributed by atoms with Crippen molar-refractivity contribution in [3.63, 3.8) is 0 Å². The molecule has 1 saturated carbocycles. The van der Waals surface area contributed by atoms with Crippen molar-refractivity contribution in [3.05, 3.63) is 82.4 Å². The first-order chi connectivity index (χ1) is 22.7. The van der Waals surface area contributed by atoms with Crippen LogP contribution >= 0.6 is 0 Å². The zero-order valence-electron chi connectivity index (χ0n) is 26.1. The molecule has 0 unspecified atom stereocenters. The lowest BCUT2D eigenvalue weighted by Gasteiger charge is -2.32. The topological polar surface area (TPSA) is 107 Å². The number of likely N-dealkylation sites (N-methyl/N-ethyl adjacent to an activating group) is 1. The third-order valence-electron chi connectivity index (χ3n) is 8.82. The highest BCUT2D eigenvalue weighted by molar-refractivity contribution is 5.78. The van der Waals surface area contributed by atoms with Crippen LogP contribution in [-0.2, 0) is 19.3 Å². The van der Waals surface area contributed by atoms with E-state index in [2.05, 4.69) is 36.8 Å². The van der Waals surface area contributed by atoms with Gasteiger partial charge in [-0.15, -0.1) is 0 Å². The van der Waals surface area contributed by atoms with Crippen LogP contribution < -0.4 is 10.3 Å². The van der Waals surface area contributed by atoms with E-state index in [1.807, 2.05) is 0 Å². The SMILES string of the molecule is COc1ncnc(C2CC2)c1-c1ncc2ccc(=O)n(Cc3ccc(-c4nc(C(F)(F)F)cn4CCN4CCN(C)CC4)cc3)c2n1. The molecule has 0 radical (unpaired) electrons. The highest BCUT2D eigenvalue weighted by Crippen LogP contribution is 2.44. The molecule has 14 heteroatoms. The molecule has 7 rings (SSSR count). The van der Waals surface area contributed by atoms with E-state index >= 15 is 0 Å². The number of halogens is 3. The van der Waals surface area contributed by atoms with Gasteiger partial charge >= 0.3 is 6.18 Å². The number of alkyl halides is 3. The third-order valence-corrected chi connectivity index (χ3v) is 8.82. The quantitative estimate of drug-likeness (QED) is 0.232. The second kappa shape index (κ2) is 12.5. The molecule has 1 aromatic carbocycles. The maximum atomic E-state index is 13.7. The molecule has 47 heavy (non-hydrogen) atoms. The summed E-state index contributed by atoms with van der Waals surface area (Å²) in [5, 5.41) is 0.677. The Bertz CT molecular complexity index is 1960. The van der Waals surface area contributed by atoms with E-state index in [1.165, 1.54) is 19.5 Å². The number of imidazole rings is 1. The molecule has 5 heterocycles. The van der Waals surface area contributed by atoms with E-state index in [0.717, 1.165) is 56.5 Å². The maximum Gasteiger partial charge on any atom is 0.434 e. The molecule has 0 spiro atoms. The van der Waals surface area contributed by atoms with E-state index in [4.69, 9.17) is 9.72 Å². The summed E-state index contributed by atoms with van der Waals surface area (Å²) >= 11 is 0. The van der Waals surface area contributed by atoms with Gasteiger partial charge in [0.05, 0.1) is 19.3 Å². The molecule has 244 valence electrons. The van der Waals surface area contributed by atoms with Crippen LogP contribution in [0.4, 0.5) is 13.2 Å². The summed E-state index contributed by atoms with van der Waals surface area (Å²) in [7, 11) is 3.60. The summed E-state index contributed by atoms with van der Waals surface area (Å²) in [5.74, 6) is 1.28. The summed E-state index contributed by atoms with van der Waals surface area (Å²) in [6, 6.07) is 10.2. The Labute approximate surface area is 268 Å². The van der Waals surface area contributed by atoms with Crippen molar-refractivity contribution in [2.75, 3.05) is 46.9 Å². The number of methoxy groups -OCH3 is 1. The van der Waals surface area contributed by atoms with Crippen molar-refractivity contribution < 1.29 is 17.9 Å². The van der Waals surface area contributed by atoms with Crippen LogP contribution in [0.25, 0.3) is 33.8 Å². The number of aromatic nitrogens is 7. The monoisotopic (exact) mass is 645 g/mol. The van der Waals surface area contributed by atoms with Gasteiger partial charge in [0, 0.05) is 74.6 Å². The Balaban J connectivity index is 1.18. The van der Waals surface area contributed by atoms with Gasteiger partial charge in [-0.1, -0.05) is 24.3 Å². The molecule has 0 atom stereocenters. The van der Waals surface area contributed by atoms with Crippen molar-refractivity contribution in [1.29, 1.82) is 0 Å². The molecule has 0 N–H and O–H groups in total. The van der Waals surface area contributed by atoms with Crippen LogP contribution in [0.15, 0.2) is 59.9 Å². The van der Waals surface area contributed by atoms with Gasteiger partial charge in [-0.05, 0) is 31.5 Å². The molecule has 1 aliphatic heterocycles. The van der Waals surface area contributed by atoms with Crippen molar-refractivity contribution in [1.82, 2.24) is 43.9 Å². The average molecular weight is 646 g/mol. The lowest BCUT2D eigenvalue weighted by molar-refractivity contribution is -0.140. The standard InChI is InChI=1S/C33H34F3N9O2/c1-42-11-13-43(14-12-42)15-16-44-19-25(33(34,35)36)40-30(44)23-5-3-21(4-6-23)18-45-26(46)10-9-24-17-37-29(41-31(24)45)27-28(22-7-8-22)38-20-39-32(27)47-2/h3-6,9-10,17,19-20,22H,7-8,11-16,18H2,1-2H3. The second-order valence-electron chi connectivity index (χ2n) is 12.1. The molecule has 11 nitrogen and oxygen atoms in total. The van der Waals surface area contributed by atoms with Gasteiger partial charge in [0.15, 0.2) is 11.5 Å². The van der Waals surface area contributed by atoms with Crippen LogP contribution in [0, 0.1) is 0 Å². The summed E-state index contributed by atoms with van der Waals surface area (Å²) in [5.41, 5.74) is 2.04. The molecular weight excluding hydrogens is 611 g/mol. The number of nitrogens with zero attached hydrogens (tertiary/aromatic N) is 9. The van der Waals surface area contributed by atoms with Gasteiger partial charge in [0.2, 0.25) is 5.88 Å². The Morgan fingerprint density at radius 1 is 0.936 bits per heavy atom. The van der Waals surface area contributed by atoms with E-state index in [0.29, 0.717) is 47.0 Å². The van der Waals surface area contributed by atoms with Crippen LogP contribution in [0.5, 0.6) is 5.88 Å². The number of rotatable bonds is 9. The van der Waals surface area contributed by atoms with Crippen molar-refractivity contribution in [2.24, 2.45) is 0 Å². The molecule has 0 amide bonds. The summed E-state index contributed by atoms with van der Waals surface area (Å²) < 4.78 is 49.8. The number of hydrogen-bond acceptors (Lipinski definition) is 9. The zero-order valence-corrected chi connectivity index (χ0v) is 26.1. The Morgan fingerprint density at radius 3 is 2.40 bits per heavy atom. The lowest BCUT2D eigenvalue weighted by atomic mass is 10.1. The molecular formula is C33H34F3N9O2. The van der Waals surface area contributed by atoms with Gasteiger partial charge in [-0.25, -0.2) is 24.9 Å². The van der Waals surface area contributed by atoms with E-state index in [9.17, 15) is 18.0 Å². The number of benzene rings is 1. The number of pyridine rings is 1. The van der Waals surface area contributed by atoms with E-state index in [-0.39, 0.29) is 23.8 Å². The molecule has 0 bridgehead atoms. The summed E-state index contributed by atoms with van der Waals surface area (Å²) in [6.07, 6.45) is 1.69. The molecule has 4 aromatic heterocycles. The molecule has 5 aromatic rings. The minimum absolute atomic E-state index is 0.191. The average Bonchev–Trinajstić information content (AvgIpc) is 3.83. The fraction of sp³-hybridized carbons (Fsp3) is 0.394. The fourth-order valence-corrected chi connectivity index (χ4v) is 5.97. The maximum absolute atomic E-state index is 13.7. The van der Waals surface area contributed by atoms with Crippen LogP contribution in [0.2, 0.25) is 0 Å². The first-order valence-electron chi connectivity index (χ1n) is 15.6. The Hall–Kier alpha value is -4.69. The zero-order chi connectivity index (χ0) is 32.7. The minimum atomic E-state index is -4.56. The van der Waals surface area contributed by atoms with Crippen molar-refractivity contribution in [3.8, 4) is 28.7 Å². The first-order valence-corrected chi connectivity index (χ1v) is 15.6. The highest BCUT2D eigenvalue weighted by atomic mass is 19.4. The lowest BCUT2D eigenvalue weighted by Crippen LogP contribution is -2.45. The smallest absolute Gasteiger partial charge is 0.434 e. The third kappa shape index (κ3) is 6.47. The predicted octanol–water partition coefficient (Wildman–Crippen LogP) is 4.31. The van der Waals surface area contributed by atoms with Crippen LogP contribution in [-0.4, -0.2) is 90.7 Å². The van der Waals surface area contributed by atoms with Gasteiger partial charge in [0.25, 0.3) is 5.56 Å². The normalized spacial score (nSPS) is 16.2. The Morgan fingerprint density at radius 2 is 1.70 bits per heavy atom. The second-order valence-corrected chi connectivity index (χ2v) is 12.1. The van der Waals surface area contributed by atoms with Gasteiger partial charge in [-0.3, -0.25) is 14.3 Å². The number of ether oxygens (including phenoxy) is 1. The van der Waals surface area contributed by atoms with Gasteiger partial charge < -0.3 is 14.2 Å². The highest BCUT2D eigenvalue weighted by Gasteiger charge is 2.35. The van der Waals surface area contributed by atoms with E-state index < -0.39 is 11.9 Å². The molecule has 2 aliphatic rings. The fourth-order valence-electron chi connectivity index (χ4n) is 5.97. The van der Waals surface area contributed by atoms with Crippen molar-refractivity contribution >= 4 is 11.0 Å². The summed E-state index contributed by atoms with van der Waals surface area (Å²) in [4.78, 5) is 39.8. The van der Waals surface area contributed by atoms with Crippen LogP contribution in [0.1, 0.15) is 35.7 Å². The number of fused-ring (bicyclic) bond motifs is 1. The molecule has 1 saturated heterocycles. The minimum Gasteiger partial charge on any atom is -0.480 e. The number of hydrogen-bond donors (Lipinski definition) is 0. The molecule has 1 aliphatic carbocycles. The van der Waals surface area contributed by atoms with Gasteiger partial charge in [0.1, 0.15) is 23.4 Å². The summed E-state index contributed by atoms with van der Waals surface area (Å²) in [6.45, 7) is 4.80. The first kappa shape index (κ1) is 30.9. The van der Waals surface area contributed by atoms with Crippen molar-refractivity contribution in [2.45, 2.75) is 38.0 Å². The van der Waals surface area contributed by atoms with E-state index in [1.54, 1.807) is 45.7 Å². The predicted molar refractivity (Wildman–Crippen MR) is 169 cm³/mol. The number of piperazine rings is 1. The Kier molecular flexibility index (Phi) is 8.22. The van der Waals surface area contributed by atoms with Crippen LogP contribution in [0.3, 0.4) is 0 Å². The largest absolute Gasteiger partial charge is 0.480 e. The van der Waals surface area contributed by atoms with Gasteiger partial charge in [-0.2, -0.15) is 13.2 Å². The molecule has 2 fully saturated rings.